The van der Waals surface area contributed by atoms with Crippen molar-refractivity contribution in [2.75, 3.05) is 0 Å². The van der Waals surface area contributed by atoms with Crippen molar-refractivity contribution in [3.8, 4) is 0 Å². The normalized spacial score (nSPS) is 13.6. The highest BCUT2D eigenvalue weighted by Gasteiger charge is 2.28. The third-order valence-electron chi connectivity index (χ3n) is 7.56. The molecule has 0 saturated carbocycles. The van der Waals surface area contributed by atoms with Crippen LogP contribution >= 0.6 is 22.7 Å². The van der Waals surface area contributed by atoms with Gasteiger partial charge in [-0.1, -0.05) is 74.5 Å². The van der Waals surface area contributed by atoms with E-state index < -0.39 is 30.2 Å². The van der Waals surface area contributed by atoms with Crippen LogP contribution in [-0.2, 0) is 35.5 Å². The fraction of sp³-hybridized carbons (Fsp3) is 0.400. The summed E-state index contributed by atoms with van der Waals surface area (Å²) >= 11 is 2.94. The third-order valence-corrected chi connectivity index (χ3v) is 9.50. The number of carbonyl (C=O) groups is 3. The van der Waals surface area contributed by atoms with Crippen molar-refractivity contribution in [3.05, 3.63) is 104 Å². The number of hydrogen-bond acceptors (Lipinski definition) is 9. The van der Waals surface area contributed by atoms with Crippen LogP contribution in [0, 0.1) is 0 Å². The first-order chi connectivity index (χ1) is 23.2. The van der Waals surface area contributed by atoms with Crippen LogP contribution in [0.25, 0.3) is 0 Å². The molecule has 4 rings (SSSR count). The number of ether oxygens (including phenoxy) is 1. The number of alkyl carbamates (subject to hydrolysis) is 1. The van der Waals surface area contributed by atoms with Gasteiger partial charge in [0.2, 0.25) is 5.91 Å². The van der Waals surface area contributed by atoms with E-state index in [9.17, 15) is 19.5 Å². The van der Waals surface area contributed by atoms with E-state index in [1.165, 1.54) is 29.6 Å². The molecule has 0 fully saturated rings. The molecular formula is C35H44N6O5S2. The summed E-state index contributed by atoms with van der Waals surface area (Å²) < 4.78 is 5.45. The van der Waals surface area contributed by atoms with Gasteiger partial charge in [-0.05, 0) is 43.7 Å². The van der Waals surface area contributed by atoms with E-state index in [2.05, 4.69) is 45.1 Å². The van der Waals surface area contributed by atoms with Crippen molar-refractivity contribution in [1.82, 2.24) is 31.2 Å². The molecule has 4 amide bonds. The zero-order valence-electron chi connectivity index (χ0n) is 27.4. The highest BCUT2D eigenvalue weighted by molar-refractivity contribution is 7.09. The minimum atomic E-state index is -1.19. The lowest BCUT2D eigenvalue weighted by molar-refractivity contribution is -0.126. The first-order valence-corrected chi connectivity index (χ1v) is 17.8. The molecule has 0 radical (unpaired) electrons. The third kappa shape index (κ3) is 12.4. The molecule has 4 atom stereocenters. The standard InChI is InChI=1S/C35H44N6O5S2/c1-23(2)33-39-29(21-47-33)18-37-34(44)41-31(24(3)42)32(43)38-27(16-25-10-6-4-7-11-25)14-15-28(17-26-12-8-5-9-13-26)40-35(45)46-20-30-19-36-22-48-30/h4-13,19,21-24,27-28,31,42H,14-18,20H2,1-3H3,(H,38,43)(H,40,45)(H2,37,41,44). The SMILES string of the molecule is CC(C)c1nc(CNC(=O)NC(C(=O)NC(CCC(Cc2ccccc2)NC(=O)OCc2cncs2)Cc2ccccc2)C(C)O)cs1. The molecule has 4 aromatic rings. The zero-order valence-corrected chi connectivity index (χ0v) is 29.1. The van der Waals surface area contributed by atoms with Crippen LogP contribution < -0.4 is 21.3 Å². The molecule has 2 aromatic heterocycles. The molecule has 11 nitrogen and oxygen atoms in total. The summed E-state index contributed by atoms with van der Waals surface area (Å²) in [5.41, 5.74) is 4.48. The van der Waals surface area contributed by atoms with Gasteiger partial charge in [-0.25, -0.2) is 14.6 Å². The highest BCUT2D eigenvalue weighted by atomic mass is 32.1. The van der Waals surface area contributed by atoms with Crippen molar-refractivity contribution in [3.63, 3.8) is 0 Å². The number of amides is 4. The number of hydrogen-bond donors (Lipinski definition) is 5. The molecular weight excluding hydrogens is 649 g/mol. The Morgan fingerprint density at radius 2 is 1.48 bits per heavy atom. The van der Waals surface area contributed by atoms with Gasteiger partial charge in [0.1, 0.15) is 12.6 Å². The Hall–Kier alpha value is -4.33. The van der Waals surface area contributed by atoms with E-state index >= 15 is 0 Å². The fourth-order valence-corrected chi connectivity index (χ4v) is 6.38. The Balaban J connectivity index is 1.40. The first-order valence-electron chi connectivity index (χ1n) is 16.0. The number of thiazole rings is 2. The molecule has 4 unspecified atom stereocenters. The van der Waals surface area contributed by atoms with Crippen LogP contribution in [0.1, 0.15) is 66.2 Å². The number of aliphatic hydroxyl groups is 1. The van der Waals surface area contributed by atoms with Crippen LogP contribution in [0.2, 0.25) is 0 Å². The number of nitrogens with one attached hydrogen (secondary N) is 4. The quantitative estimate of drug-likeness (QED) is 0.100. The van der Waals surface area contributed by atoms with Crippen molar-refractivity contribution in [2.24, 2.45) is 0 Å². The summed E-state index contributed by atoms with van der Waals surface area (Å²) in [7, 11) is 0. The summed E-state index contributed by atoms with van der Waals surface area (Å²) in [6.45, 7) is 5.90. The molecule has 0 spiro atoms. The van der Waals surface area contributed by atoms with Gasteiger partial charge >= 0.3 is 12.1 Å². The molecule has 0 aliphatic rings. The molecule has 2 aromatic carbocycles. The number of benzene rings is 2. The summed E-state index contributed by atoms with van der Waals surface area (Å²) in [6, 6.07) is 17.2. The van der Waals surface area contributed by atoms with Gasteiger partial charge in [-0.2, -0.15) is 0 Å². The molecule has 48 heavy (non-hydrogen) atoms. The Morgan fingerprint density at radius 3 is 2.02 bits per heavy atom. The Morgan fingerprint density at radius 1 is 0.854 bits per heavy atom. The van der Waals surface area contributed by atoms with Crippen molar-refractivity contribution >= 4 is 40.7 Å². The monoisotopic (exact) mass is 692 g/mol. The zero-order chi connectivity index (χ0) is 34.3. The van der Waals surface area contributed by atoms with Gasteiger partial charge in [0, 0.05) is 29.6 Å². The predicted molar refractivity (Wildman–Crippen MR) is 188 cm³/mol. The maximum atomic E-state index is 13.6. The summed E-state index contributed by atoms with van der Waals surface area (Å²) in [4.78, 5) is 48.5. The lowest BCUT2D eigenvalue weighted by Gasteiger charge is -2.27. The maximum Gasteiger partial charge on any atom is 0.407 e. The lowest BCUT2D eigenvalue weighted by atomic mass is 9.95. The van der Waals surface area contributed by atoms with Gasteiger partial charge < -0.3 is 31.1 Å². The molecule has 2 heterocycles. The smallest absolute Gasteiger partial charge is 0.407 e. The first kappa shape index (κ1) is 36.5. The second-order valence-electron chi connectivity index (χ2n) is 11.9. The average molecular weight is 693 g/mol. The maximum absolute atomic E-state index is 13.6. The van der Waals surface area contributed by atoms with E-state index in [1.54, 1.807) is 11.7 Å². The summed E-state index contributed by atoms with van der Waals surface area (Å²) in [5.74, 6) is -0.217. The van der Waals surface area contributed by atoms with E-state index in [0.717, 1.165) is 26.7 Å². The van der Waals surface area contributed by atoms with Crippen LogP contribution in [0.3, 0.4) is 0 Å². The fourth-order valence-electron chi connectivity index (χ4n) is 5.04. The topological polar surface area (TPSA) is 155 Å². The van der Waals surface area contributed by atoms with Gasteiger partial charge in [0.15, 0.2) is 0 Å². The number of carbonyl (C=O) groups excluding carboxylic acids is 3. The number of aliphatic hydroxyl groups excluding tert-OH is 1. The highest BCUT2D eigenvalue weighted by Crippen LogP contribution is 2.19. The van der Waals surface area contributed by atoms with Crippen LogP contribution in [0.4, 0.5) is 9.59 Å². The second-order valence-corrected chi connectivity index (χ2v) is 13.8. The second kappa shape index (κ2) is 18.9. The number of urea groups is 1. The Kier molecular flexibility index (Phi) is 14.3. The van der Waals surface area contributed by atoms with E-state index in [1.807, 2.05) is 66.0 Å². The van der Waals surface area contributed by atoms with Crippen molar-refractivity contribution < 1.29 is 24.2 Å². The number of rotatable bonds is 17. The molecule has 0 saturated heterocycles. The predicted octanol–water partition coefficient (Wildman–Crippen LogP) is 5.32. The largest absolute Gasteiger partial charge is 0.444 e. The van der Waals surface area contributed by atoms with E-state index in [0.29, 0.717) is 25.7 Å². The molecule has 0 aliphatic heterocycles. The Bertz CT molecular complexity index is 1550. The molecule has 256 valence electrons. The molecule has 5 N–H and O–H groups in total. The number of aromatic nitrogens is 2. The van der Waals surface area contributed by atoms with Gasteiger partial charge in [-0.15, -0.1) is 22.7 Å². The minimum absolute atomic E-state index is 0.130. The lowest BCUT2D eigenvalue weighted by Crippen LogP contribution is -2.56. The van der Waals surface area contributed by atoms with Crippen molar-refractivity contribution in [1.29, 1.82) is 0 Å². The van der Waals surface area contributed by atoms with Crippen LogP contribution in [0.15, 0.2) is 77.8 Å². The average Bonchev–Trinajstić information content (AvgIpc) is 3.78. The van der Waals surface area contributed by atoms with E-state index in [-0.39, 0.29) is 31.2 Å². The molecule has 0 bridgehead atoms. The van der Waals surface area contributed by atoms with Gasteiger partial charge in [0.05, 0.1) is 33.7 Å². The minimum Gasteiger partial charge on any atom is -0.444 e. The van der Waals surface area contributed by atoms with E-state index in [4.69, 9.17) is 4.74 Å². The van der Waals surface area contributed by atoms with Gasteiger partial charge in [-0.3, -0.25) is 9.78 Å². The van der Waals surface area contributed by atoms with Crippen LogP contribution in [-0.4, -0.2) is 57.3 Å². The van der Waals surface area contributed by atoms with Crippen LogP contribution in [0.5, 0.6) is 0 Å². The molecule has 0 aliphatic carbocycles. The van der Waals surface area contributed by atoms with Crippen molar-refractivity contribution in [2.45, 2.75) is 89.8 Å². The summed E-state index contributed by atoms with van der Waals surface area (Å²) in [6.07, 6.45) is 2.10. The molecule has 13 heteroatoms. The summed E-state index contributed by atoms with van der Waals surface area (Å²) in [5, 5.41) is 24.8. The number of nitrogens with zero attached hydrogens (tertiary/aromatic N) is 2. The van der Waals surface area contributed by atoms with Gasteiger partial charge in [0.25, 0.3) is 0 Å². The Labute approximate surface area is 289 Å².